The molecule has 2 N–H and O–H groups in total. The Kier molecular flexibility index (Phi) is 6.34. The Bertz CT molecular complexity index is 1230. The van der Waals surface area contributed by atoms with E-state index in [2.05, 4.69) is 30.0 Å². The first-order chi connectivity index (χ1) is 16.0. The number of hydrogen-bond donors (Lipinski definition) is 2. The zero-order valence-electron chi connectivity index (χ0n) is 18.3. The lowest BCUT2D eigenvalue weighted by atomic mass is 10.00. The molecule has 34 heavy (non-hydrogen) atoms. The van der Waals surface area contributed by atoms with Gasteiger partial charge in [-0.3, -0.25) is 19.5 Å². The largest absolute Gasteiger partial charge is 0.434 e. The van der Waals surface area contributed by atoms with Gasteiger partial charge in [0.2, 0.25) is 0 Å². The van der Waals surface area contributed by atoms with E-state index in [4.69, 9.17) is 0 Å². The number of nitrogens with zero attached hydrogens (tertiary/aromatic N) is 4. The minimum atomic E-state index is -4.60. The Morgan fingerprint density at radius 1 is 0.971 bits per heavy atom. The van der Waals surface area contributed by atoms with Crippen LogP contribution in [0.25, 0.3) is 11.3 Å². The van der Waals surface area contributed by atoms with Crippen molar-refractivity contribution in [2.45, 2.75) is 43.7 Å². The molecule has 0 aliphatic heterocycles. The normalized spacial score (nSPS) is 15.0. The summed E-state index contributed by atoms with van der Waals surface area (Å²) in [6.45, 7) is 3.51. The van der Waals surface area contributed by atoms with Crippen LogP contribution in [0.5, 0.6) is 0 Å². The number of aromatic nitrogens is 4. The Morgan fingerprint density at radius 3 is 2.26 bits per heavy atom. The van der Waals surface area contributed by atoms with Crippen LogP contribution in [0.15, 0.2) is 49.1 Å². The highest BCUT2D eigenvalue weighted by Gasteiger charge is 2.33. The number of hydrogen-bond acceptors (Lipinski definition) is 6. The molecule has 0 spiro atoms. The smallest absolute Gasteiger partial charge is 0.341 e. The molecule has 1 fully saturated rings. The molecule has 1 amide bonds. The molecule has 2 aromatic heterocycles. The van der Waals surface area contributed by atoms with Crippen LogP contribution in [0, 0.1) is 0 Å². The van der Waals surface area contributed by atoms with Crippen molar-refractivity contribution >= 4 is 22.7 Å². The molecule has 12 heteroatoms. The number of nitrogens with one attached hydrogen (secondary N) is 2. The second-order valence-corrected chi connectivity index (χ2v) is 9.80. The quantitative estimate of drug-likeness (QED) is 0.521. The summed E-state index contributed by atoms with van der Waals surface area (Å²) in [4.78, 5) is 28.6. The maximum absolute atomic E-state index is 12.9. The molecule has 0 bridgehead atoms. The van der Waals surface area contributed by atoms with E-state index < -0.39 is 34.3 Å². The van der Waals surface area contributed by atoms with Crippen LogP contribution >= 0.6 is 0 Å². The standard InChI is InChI=1S/C22H21F3N6O2S/c1-21(2,17-10-27-12-19(29-17)31-34(33)15-7-8-15)30-20(32)14-5-3-13(4-6-14)16-9-26-11-18(28-16)22(23,24)25/h3-6,9-12,15H,7-8H2,1-2H3,(H,29,31)(H,30,32). The van der Waals surface area contributed by atoms with Gasteiger partial charge in [-0.2, -0.15) is 13.2 Å². The number of amides is 1. The third-order valence-corrected chi connectivity index (χ3v) is 6.59. The molecule has 1 aliphatic carbocycles. The van der Waals surface area contributed by atoms with E-state index in [-0.39, 0.29) is 10.9 Å². The second-order valence-electron chi connectivity index (χ2n) is 8.33. The van der Waals surface area contributed by atoms with E-state index in [0.717, 1.165) is 12.8 Å². The number of halogens is 3. The van der Waals surface area contributed by atoms with E-state index in [1.807, 2.05) is 0 Å². The first-order valence-corrected chi connectivity index (χ1v) is 11.6. The fourth-order valence-electron chi connectivity index (χ4n) is 3.04. The van der Waals surface area contributed by atoms with Crippen molar-refractivity contribution in [2.24, 2.45) is 0 Å². The second kappa shape index (κ2) is 9.09. The molecule has 2 heterocycles. The van der Waals surface area contributed by atoms with E-state index >= 15 is 0 Å². The molecular weight excluding hydrogens is 469 g/mol. The van der Waals surface area contributed by atoms with E-state index in [1.54, 1.807) is 13.8 Å². The minimum absolute atomic E-state index is 0.0466. The van der Waals surface area contributed by atoms with Crippen molar-refractivity contribution in [2.75, 3.05) is 4.72 Å². The summed E-state index contributed by atoms with van der Waals surface area (Å²) in [5.41, 5.74) is -0.794. The lowest BCUT2D eigenvalue weighted by molar-refractivity contribution is -0.141. The molecule has 4 rings (SSSR count). The number of carbonyl (C=O) groups excluding carboxylic acids is 1. The summed E-state index contributed by atoms with van der Waals surface area (Å²) in [7, 11) is -1.22. The van der Waals surface area contributed by atoms with E-state index in [0.29, 0.717) is 28.8 Å². The number of rotatable bonds is 7. The van der Waals surface area contributed by atoms with Gasteiger partial charge in [-0.1, -0.05) is 12.1 Å². The molecule has 8 nitrogen and oxygen atoms in total. The Labute approximate surface area is 196 Å². The zero-order valence-corrected chi connectivity index (χ0v) is 19.1. The molecule has 3 aromatic rings. The van der Waals surface area contributed by atoms with Gasteiger partial charge in [-0.15, -0.1) is 0 Å². The minimum Gasteiger partial charge on any atom is -0.341 e. The molecule has 1 aromatic carbocycles. The molecule has 1 atom stereocenters. The van der Waals surface area contributed by atoms with E-state index in [1.165, 1.54) is 42.9 Å². The van der Waals surface area contributed by atoms with Gasteiger partial charge in [-0.25, -0.2) is 14.2 Å². The van der Waals surface area contributed by atoms with Crippen molar-refractivity contribution in [1.82, 2.24) is 25.3 Å². The number of benzene rings is 1. The van der Waals surface area contributed by atoms with Gasteiger partial charge in [0.15, 0.2) is 11.5 Å². The number of anilines is 1. The summed E-state index contributed by atoms with van der Waals surface area (Å²) < 4.78 is 53.6. The molecule has 1 aliphatic rings. The van der Waals surface area contributed by atoms with Crippen molar-refractivity contribution < 1.29 is 22.2 Å². The Hall–Kier alpha value is -3.41. The van der Waals surface area contributed by atoms with Gasteiger partial charge in [0.25, 0.3) is 5.91 Å². The van der Waals surface area contributed by atoms with Crippen LogP contribution in [0.3, 0.4) is 0 Å². The highest BCUT2D eigenvalue weighted by atomic mass is 32.2. The first-order valence-electron chi connectivity index (χ1n) is 10.3. The average Bonchev–Trinajstić information content (AvgIpc) is 3.64. The van der Waals surface area contributed by atoms with Gasteiger partial charge >= 0.3 is 6.18 Å². The maximum atomic E-state index is 12.9. The van der Waals surface area contributed by atoms with Gasteiger partial charge in [0.05, 0.1) is 47.0 Å². The Morgan fingerprint density at radius 2 is 1.62 bits per heavy atom. The maximum Gasteiger partial charge on any atom is 0.434 e. The van der Waals surface area contributed by atoms with Crippen molar-refractivity contribution in [3.63, 3.8) is 0 Å². The highest BCUT2D eigenvalue weighted by molar-refractivity contribution is 7.87. The summed E-state index contributed by atoms with van der Waals surface area (Å²) >= 11 is 0. The summed E-state index contributed by atoms with van der Waals surface area (Å²) in [6, 6.07) is 5.99. The van der Waals surface area contributed by atoms with Crippen LogP contribution < -0.4 is 10.0 Å². The average molecular weight is 491 g/mol. The van der Waals surface area contributed by atoms with Gasteiger partial charge in [-0.05, 0) is 38.8 Å². The van der Waals surface area contributed by atoms with Crippen molar-refractivity contribution in [3.8, 4) is 11.3 Å². The fourth-order valence-corrected chi connectivity index (χ4v) is 4.07. The number of alkyl halides is 3. The highest BCUT2D eigenvalue weighted by Crippen LogP contribution is 2.29. The predicted octanol–water partition coefficient (Wildman–Crippen LogP) is 3.86. The zero-order chi connectivity index (χ0) is 24.5. The molecule has 0 saturated heterocycles. The lowest BCUT2D eigenvalue weighted by Crippen LogP contribution is -2.41. The van der Waals surface area contributed by atoms with Crippen molar-refractivity contribution in [3.05, 3.63) is 66.0 Å². The first kappa shape index (κ1) is 23.7. The van der Waals surface area contributed by atoms with E-state index in [9.17, 15) is 22.2 Å². The molecule has 0 radical (unpaired) electrons. The SMILES string of the molecule is CC(C)(NC(=O)c1ccc(-c2cncc(C(F)(F)F)n2)cc1)c1cncc(NS(=O)C2CC2)n1. The topological polar surface area (TPSA) is 110 Å². The molecule has 1 saturated carbocycles. The van der Waals surface area contributed by atoms with Crippen molar-refractivity contribution in [1.29, 1.82) is 0 Å². The van der Waals surface area contributed by atoms with Gasteiger partial charge in [0, 0.05) is 11.1 Å². The summed E-state index contributed by atoms with van der Waals surface area (Å²) in [5.74, 6) is -0.0509. The fraction of sp³-hybridized carbons (Fsp3) is 0.318. The van der Waals surface area contributed by atoms with Crippen LogP contribution in [0.1, 0.15) is 48.4 Å². The Balaban J connectivity index is 1.46. The van der Waals surface area contributed by atoms with Crippen LogP contribution in [-0.2, 0) is 22.7 Å². The number of carbonyl (C=O) groups is 1. The lowest BCUT2D eigenvalue weighted by Gasteiger charge is -2.26. The monoisotopic (exact) mass is 490 g/mol. The van der Waals surface area contributed by atoms with Gasteiger partial charge < -0.3 is 5.32 Å². The predicted molar refractivity (Wildman–Crippen MR) is 120 cm³/mol. The third kappa shape index (κ3) is 5.56. The summed E-state index contributed by atoms with van der Waals surface area (Å²) in [5, 5.41) is 3.00. The molecule has 1 unspecified atom stereocenters. The molecule has 178 valence electrons. The van der Waals surface area contributed by atoms with Crippen LogP contribution in [0.2, 0.25) is 0 Å². The van der Waals surface area contributed by atoms with Gasteiger partial charge in [0.1, 0.15) is 11.0 Å². The third-order valence-electron chi connectivity index (χ3n) is 5.10. The van der Waals surface area contributed by atoms with Crippen LogP contribution in [0.4, 0.5) is 19.0 Å². The van der Waals surface area contributed by atoms with Crippen LogP contribution in [-0.4, -0.2) is 35.3 Å². The molecular formula is C22H21F3N6O2S. The summed E-state index contributed by atoms with van der Waals surface area (Å²) in [6.07, 6.45) is 2.09.